The summed E-state index contributed by atoms with van der Waals surface area (Å²) in [5.74, 6) is -1.24. The standard InChI is InChI=1S/C19H21N7O3/c1-29-17(27)11-8-19(26-6-2-3-15(11)26)12-7-10(4-5-13(12)23-18(19)28)24-25-14(9-20)16(21)22/h4-5,7,11,15,24H,2-3,6,8H2,1H3,(H3,21,22)(H,23,28)/b25-14+. The highest BCUT2D eigenvalue weighted by molar-refractivity contribution is 6.45. The normalized spacial score (nSPS) is 27.9. The van der Waals surface area contributed by atoms with Crippen LogP contribution in [0.1, 0.15) is 24.8 Å². The summed E-state index contributed by atoms with van der Waals surface area (Å²) in [5.41, 5.74) is 8.87. The Hall–Kier alpha value is -3.45. The van der Waals surface area contributed by atoms with Crippen molar-refractivity contribution in [3.8, 4) is 6.07 Å². The van der Waals surface area contributed by atoms with Crippen molar-refractivity contribution in [3.63, 3.8) is 0 Å². The molecule has 3 aliphatic heterocycles. The third-order valence-electron chi connectivity index (χ3n) is 6.02. The minimum atomic E-state index is -0.935. The average molecular weight is 395 g/mol. The maximum absolute atomic E-state index is 13.1. The average Bonchev–Trinajstić information content (AvgIpc) is 3.37. The molecule has 4 rings (SSSR count). The third-order valence-corrected chi connectivity index (χ3v) is 6.02. The van der Waals surface area contributed by atoms with Crippen molar-refractivity contribution in [1.29, 1.82) is 10.7 Å². The minimum absolute atomic E-state index is 0.0308. The smallest absolute Gasteiger partial charge is 0.310 e. The molecule has 1 amide bonds. The highest BCUT2D eigenvalue weighted by Crippen LogP contribution is 2.54. The zero-order valence-electron chi connectivity index (χ0n) is 15.9. The Morgan fingerprint density at radius 2 is 2.34 bits per heavy atom. The molecule has 150 valence electrons. The number of fused-ring (bicyclic) bond motifs is 4. The highest BCUT2D eigenvalue weighted by atomic mass is 16.5. The predicted molar refractivity (Wildman–Crippen MR) is 105 cm³/mol. The molecule has 1 spiro atoms. The Bertz CT molecular complexity index is 983. The summed E-state index contributed by atoms with van der Waals surface area (Å²) in [4.78, 5) is 27.6. The molecule has 3 atom stereocenters. The van der Waals surface area contributed by atoms with Crippen molar-refractivity contribution in [2.45, 2.75) is 30.8 Å². The Morgan fingerprint density at radius 3 is 3.03 bits per heavy atom. The van der Waals surface area contributed by atoms with E-state index < -0.39 is 11.4 Å². The number of amides is 1. The van der Waals surface area contributed by atoms with Crippen LogP contribution in [0, 0.1) is 22.7 Å². The van der Waals surface area contributed by atoms with Crippen molar-refractivity contribution >= 4 is 34.8 Å². The summed E-state index contributed by atoms with van der Waals surface area (Å²) < 4.78 is 5.00. The number of hydrazone groups is 1. The number of rotatable bonds is 4. The number of esters is 1. The third kappa shape index (κ3) is 2.74. The van der Waals surface area contributed by atoms with Crippen LogP contribution in [0.25, 0.3) is 0 Å². The molecule has 0 radical (unpaired) electrons. The number of hydrogen-bond acceptors (Lipinski definition) is 8. The maximum Gasteiger partial charge on any atom is 0.310 e. The van der Waals surface area contributed by atoms with E-state index in [1.807, 2.05) is 0 Å². The van der Waals surface area contributed by atoms with Crippen molar-refractivity contribution in [2.24, 2.45) is 16.8 Å². The van der Waals surface area contributed by atoms with Gasteiger partial charge in [-0.1, -0.05) is 0 Å². The number of nitrogens with one attached hydrogen (secondary N) is 3. The van der Waals surface area contributed by atoms with Gasteiger partial charge in [0.2, 0.25) is 11.6 Å². The number of nitrogens with zero attached hydrogens (tertiary/aromatic N) is 3. The fourth-order valence-electron chi connectivity index (χ4n) is 4.81. The monoisotopic (exact) mass is 395 g/mol. The van der Waals surface area contributed by atoms with Gasteiger partial charge >= 0.3 is 5.97 Å². The van der Waals surface area contributed by atoms with Gasteiger partial charge in [0.25, 0.3) is 0 Å². The molecule has 10 nitrogen and oxygen atoms in total. The van der Waals surface area contributed by atoms with E-state index in [9.17, 15) is 9.59 Å². The van der Waals surface area contributed by atoms with Crippen LogP contribution < -0.4 is 16.5 Å². The van der Waals surface area contributed by atoms with Crippen LogP contribution in [0.4, 0.5) is 11.4 Å². The molecule has 3 aliphatic rings. The number of nitrogens with two attached hydrogens (primary N) is 1. The lowest BCUT2D eigenvalue weighted by Crippen LogP contribution is -2.47. The first-order valence-corrected chi connectivity index (χ1v) is 9.31. The first-order valence-electron chi connectivity index (χ1n) is 9.31. The van der Waals surface area contributed by atoms with Crippen LogP contribution in [0.15, 0.2) is 23.3 Å². The van der Waals surface area contributed by atoms with Crippen LogP contribution >= 0.6 is 0 Å². The van der Waals surface area contributed by atoms with Gasteiger partial charge in [0.05, 0.1) is 18.7 Å². The fourth-order valence-corrected chi connectivity index (χ4v) is 4.81. The zero-order valence-corrected chi connectivity index (χ0v) is 15.9. The lowest BCUT2D eigenvalue weighted by molar-refractivity contribution is -0.146. The first kappa shape index (κ1) is 18.9. The van der Waals surface area contributed by atoms with E-state index in [1.165, 1.54) is 7.11 Å². The number of ether oxygens (including phenoxy) is 1. The van der Waals surface area contributed by atoms with Crippen molar-refractivity contribution in [3.05, 3.63) is 23.8 Å². The van der Waals surface area contributed by atoms with Gasteiger partial charge in [0, 0.05) is 17.3 Å². The van der Waals surface area contributed by atoms with E-state index in [0.29, 0.717) is 17.8 Å². The molecule has 2 fully saturated rings. The number of hydrogen-bond donors (Lipinski definition) is 4. The second-order valence-electron chi connectivity index (χ2n) is 7.41. The first-order chi connectivity index (χ1) is 13.9. The highest BCUT2D eigenvalue weighted by Gasteiger charge is 2.63. The fraction of sp³-hybridized carbons (Fsp3) is 0.421. The second kappa shape index (κ2) is 6.86. The molecule has 29 heavy (non-hydrogen) atoms. The molecule has 10 heteroatoms. The van der Waals surface area contributed by atoms with E-state index in [-0.39, 0.29) is 29.5 Å². The van der Waals surface area contributed by atoms with Gasteiger partial charge < -0.3 is 15.8 Å². The van der Waals surface area contributed by atoms with Crippen LogP contribution in [0.3, 0.4) is 0 Å². The van der Waals surface area contributed by atoms with Crippen molar-refractivity contribution < 1.29 is 14.3 Å². The van der Waals surface area contributed by atoms with Crippen molar-refractivity contribution in [1.82, 2.24) is 4.90 Å². The molecule has 0 aliphatic carbocycles. The van der Waals surface area contributed by atoms with E-state index >= 15 is 0 Å². The number of nitriles is 1. The molecule has 0 aromatic heterocycles. The quantitative estimate of drug-likeness (QED) is 0.253. The minimum Gasteiger partial charge on any atom is -0.469 e. The lowest BCUT2D eigenvalue weighted by atomic mass is 9.84. The van der Waals surface area contributed by atoms with Crippen LogP contribution in [0.5, 0.6) is 0 Å². The van der Waals surface area contributed by atoms with E-state index in [1.54, 1.807) is 24.3 Å². The summed E-state index contributed by atoms with van der Waals surface area (Å²) >= 11 is 0. The Morgan fingerprint density at radius 1 is 1.55 bits per heavy atom. The second-order valence-corrected chi connectivity index (χ2v) is 7.41. The Kier molecular flexibility index (Phi) is 4.47. The molecule has 0 bridgehead atoms. The SMILES string of the molecule is COC(=O)C1CC2(C(=O)Nc3ccc(N/N=C(\C#N)C(=N)N)cc32)N2CCCC12. The summed E-state index contributed by atoms with van der Waals surface area (Å²) in [6.45, 7) is 0.726. The molecule has 3 heterocycles. The van der Waals surface area contributed by atoms with E-state index in [2.05, 4.69) is 20.7 Å². The summed E-state index contributed by atoms with van der Waals surface area (Å²) in [5, 5.41) is 23.1. The van der Waals surface area contributed by atoms with Gasteiger partial charge in [0.1, 0.15) is 11.6 Å². The van der Waals surface area contributed by atoms with E-state index in [4.69, 9.17) is 21.1 Å². The lowest BCUT2D eigenvalue weighted by Gasteiger charge is -2.32. The van der Waals surface area contributed by atoms with Gasteiger partial charge in [-0.2, -0.15) is 10.4 Å². The summed E-state index contributed by atoms with van der Waals surface area (Å²) in [7, 11) is 1.37. The molecule has 1 aromatic carbocycles. The van der Waals surface area contributed by atoms with E-state index in [0.717, 1.165) is 24.9 Å². The largest absolute Gasteiger partial charge is 0.469 e. The van der Waals surface area contributed by atoms with Gasteiger partial charge in [-0.15, -0.1) is 0 Å². The number of carbonyl (C=O) groups excluding carboxylic acids is 2. The van der Waals surface area contributed by atoms with Crippen LogP contribution in [-0.4, -0.2) is 48.0 Å². The molecule has 3 unspecified atom stereocenters. The van der Waals surface area contributed by atoms with Gasteiger partial charge in [-0.25, -0.2) is 0 Å². The number of anilines is 2. The van der Waals surface area contributed by atoms with Gasteiger partial charge in [0.15, 0.2) is 5.84 Å². The number of methoxy groups -OCH3 is 1. The van der Waals surface area contributed by atoms with Crippen LogP contribution in [-0.2, 0) is 19.9 Å². The predicted octanol–water partition coefficient (Wildman–Crippen LogP) is 0.719. The number of amidine groups is 1. The molecule has 0 saturated carbocycles. The number of benzene rings is 1. The van der Waals surface area contributed by atoms with Gasteiger partial charge in [-0.3, -0.25) is 25.3 Å². The molecule has 5 N–H and O–H groups in total. The number of carbonyl (C=O) groups is 2. The van der Waals surface area contributed by atoms with Crippen molar-refractivity contribution in [2.75, 3.05) is 24.4 Å². The Labute approximate surface area is 167 Å². The summed E-state index contributed by atoms with van der Waals surface area (Å²) in [6, 6.07) is 6.98. The topological polar surface area (TPSA) is 157 Å². The summed E-state index contributed by atoms with van der Waals surface area (Å²) in [6.07, 6.45) is 2.11. The molecule has 2 saturated heterocycles. The Balaban J connectivity index is 1.73. The molecular formula is C19H21N7O3. The maximum atomic E-state index is 13.1. The van der Waals surface area contributed by atoms with Crippen LogP contribution in [0.2, 0.25) is 0 Å². The molecule has 1 aromatic rings. The van der Waals surface area contributed by atoms with Gasteiger partial charge in [-0.05, 0) is 44.0 Å². The zero-order chi connectivity index (χ0) is 20.8. The molecular weight excluding hydrogens is 374 g/mol.